The minimum atomic E-state index is -1.10. The van der Waals surface area contributed by atoms with Gasteiger partial charge in [0.2, 0.25) is 11.8 Å². The average molecular weight is 271 g/mol. The Bertz CT molecular complexity index is 471. The molecule has 0 fully saturated rings. The molecule has 3 N–H and O–H groups in total. The molecular weight excluding hydrogens is 258 g/mol. The van der Waals surface area contributed by atoms with E-state index in [1.54, 1.807) is 6.92 Å². The molecule has 98 valence electrons. The number of amides is 2. The number of carboxylic acids is 1. The van der Waals surface area contributed by atoms with Gasteiger partial charge in [-0.15, -0.1) is 11.3 Å². The van der Waals surface area contributed by atoms with E-state index in [1.807, 2.05) is 0 Å². The maximum absolute atomic E-state index is 11.4. The molecule has 8 heteroatoms. The van der Waals surface area contributed by atoms with Crippen LogP contribution in [0.15, 0.2) is 5.38 Å². The summed E-state index contributed by atoms with van der Waals surface area (Å²) in [7, 11) is 0. The Kier molecular flexibility index (Phi) is 4.78. The largest absolute Gasteiger partial charge is 0.476 e. The molecule has 1 aromatic rings. The summed E-state index contributed by atoms with van der Waals surface area (Å²) >= 11 is 1.16. The molecule has 2 amide bonds. The summed E-state index contributed by atoms with van der Waals surface area (Å²) in [6.45, 7) is 2.89. The van der Waals surface area contributed by atoms with Crippen LogP contribution in [0.4, 0.5) is 0 Å². The van der Waals surface area contributed by atoms with Gasteiger partial charge in [0, 0.05) is 12.3 Å². The fraction of sp³-hybridized carbons (Fsp3) is 0.400. The second-order valence-corrected chi connectivity index (χ2v) is 4.46. The summed E-state index contributed by atoms with van der Waals surface area (Å²) in [5.41, 5.74) is -0.0436. The van der Waals surface area contributed by atoms with Crippen molar-refractivity contribution in [3.8, 4) is 0 Å². The van der Waals surface area contributed by atoms with E-state index in [4.69, 9.17) is 5.11 Å². The van der Waals surface area contributed by atoms with Crippen LogP contribution in [0.1, 0.15) is 35.4 Å². The average Bonchev–Trinajstić information content (AvgIpc) is 2.75. The van der Waals surface area contributed by atoms with Gasteiger partial charge in [-0.2, -0.15) is 0 Å². The fourth-order valence-electron chi connectivity index (χ4n) is 1.14. The molecule has 0 aromatic carbocycles. The van der Waals surface area contributed by atoms with Crippen LogP contribution in [0.2, 0.25) is 0 Å². The second kappa shape index (κ2) is 6.10. The third-order valence-electron chi connectivity index (χ3n) is 1.99. The van der Waals surface area contributed by atoms with Crippen LogP contribution in [0, 0.1) is 0 Å². The molecule has 18 heavy (non-hydrogen) atoms. The second-order valence-electron chi connectivity index (χ2n) is 3.58. The molecular formula is C10H13N3O4S. The summed E-state index contributed by atoms with van der Waals surface area (Å²) in [5.74, 6) is -1.75. The lowest BCUT2D eigenvalue weighted by molar-refractivity contribution is -0.125. The van der Waals surface area contributed by atoms with Crippen molar-refractivity contribution in [2.75, 3.05) is 6.54 Å². The summed E-state index contributed by atoms with van der Waals surface area (Å²) in [6, 6.07) is -0.399. The minimum absolute atomic E-state index is 0.0436. The quantitative estimate of drug-likeness (QED) is 0.706. The number of aromatic carboxylic acids is 1. The molecule has 0 spiro atoms. The Morgan fingerprint density at radius 2 is 2.17 bits per heavy atom. The van der Waals surface area contributed by atoms with E-state index in [9.17, 15) is 14.4 Å². The number of carbonyl (C=O) groups is 3. The highest BCUT2D eigenvalue weighted by Gasteiger charge is 2.15. The zero-order valence-corrected chi connectivity index (χ0v) is 10.7. The molecule has 1 aromatic heterocycles. The van der Waals surface area contributed by atoms with Gasteiger partial charge in [0.1, 0.15) is 5.01 Å². The fourth-order valence-corrected chi connectivity index (χ4v) is 1.94. The molecule has 1 heterocycles. The monoisotopic (exact) mass is 271 g/mol. The molecule has 0 aliphatic heterocycles. The van der Waals surface area contributed by atoms with E-state index >= 15 is 0 Å². The first-order valence-electron chi connectivity index (χ1n) is 5.12. The SMILES string of the molecule is CC(=O)NCC(=O)NC(C)c1nc(C(=O)O)cs1. The molecule has 0 saturated heterocycles. The Hall–Kier alpha value is -1.96. The van der Waals surface area contributed by atoms with Gasteiger partial charge in [-0.3, -0.25) is 9.59 Å². The van der Waals surface area contributed by atoms with Crippen molar-refractivity contribution in [1.82, 2.24) is 15.6 Å². The number of rotatable bonds is 5. The van der Waals surface area contributed by atoms with Gasteiger partial charge in [-0.25, -0.2) is 9.78 Å². The molecule has 1 unspecified atom stereocenters. The number of nitrogens with zero attached hydrogens (tertiary/aromatic N) is 1. The van der Waals surface area contributed by atoms with E-state index in [0.717, 1.165) is 11.3 Å². The molecule has 1 rings (SSSR count). The van der Waals surface area contributed by atoms with Crippen LogP contribution >= 0.6 is 11.3 Å². The standard InChI is InChI=1S/C10H13N3O4S/c1-5(12-8(15)3-11-6(2)14)9-13-7(4-18-9)10(16)17/h4-5H,3H2,1-2H3,(H,11,14)(H,12,15)(H,16,17). The van der Waals surface area contributed by atoms with Crippen molar-refractivity contribution in [2.45, 2.75) is 19.9 Å². The summed E-state index contributed by atoms with van der Waals surface area (Å²) in [6.07, 6.45) is 0. The highest BCUT2D eigenvalue weighted by Crippen LogP contribution is 2.17. The normalized spacial score (nSPS) is 11.7. The van der Waals surface area contributed by atoms with Gasteiger partial charge < -0.3 is 15.7 Å². The van der Waals surface area contributed by atoms with Crippen molar-refractivity contribution in [3.63, 3.8) is 0 Å². The number of nitrogens with one attached hydrogen (secondary N) is 2. The first-order chi connectivity index (χ1) is 8.40. The summed E-state index contributed by atoms with van der Waals surface area (Å²) in [5, 5.41) is 15.6. The Morgan fingerprint density at radius 3 is 2.67 bits per heavy atom. The highest BCUT2D eigenvalue weighted by molar-refractivity contribution is 7.09. The topological polar surface area (TPSA) is 108 Å². The Labute approximate surface area is 107 Å². The Balaban J connectivity index is 2.53. The van der Waals surface area contributed by atoms with Crippen molar-refractivity contribution < 1.29 is 19.5 Å². The van der Waals surface area contributed by atoms with E-state index in [2.05, 4.69) is 15.6 Å². The van der Waals surface area contributed by atoms with Crippen LogP contribution in [0.5, 0.6) is 0 Å². The van der Waals surface area contributed by atoms with E-state index in [-0.39, 0.29) is 24.1 Å². The van der Waals surface area contributed by atoms with Crippen LogP contribution < -0.4 is 10.6 Å². The van der Waals surface area contributed by atoms with Crippen LogP contribution in [-0.4, -0.2) is 34.4 Å². The maximum Gasteiger partial charge on any atom is 0.355 e. The predicted octanol–water partition coefficient (Wildman–Crippen LogP) is 0.155. The van der Waals surface area contributed by atoms with Crippen molar-refractivity contribution >= 4 is 29.1 Å². The number of thiazole rings is 1. The first kappa shape index (κ1) is 14.1. The van der Waals surface area contributed by atoms with Gasteiger partial charge in [0.15, 0.2) is 5.69 Å². The molecule has 0 radical (unpaired) electrons. The summed E-state index contributed by atoms with van der Waals surface area (Å²) < 4.78 is 0. The number of carbonyl (C=O) groups excluding carboxylic acids is 2. The lowest BCUT2D eigenvalue weighted by Crippen LogP contribution is -2.37. The van der Waals surface area contributed by atoms with E-state index in [1.165, 1.54) is 12.3 Å². The first-order valence-corrected chi connectivity index (χ1v) is 6.00. The molecule has 1 atom stereocenters. The van der Waals surface area contributed by atoms with Gasteiger partial charge in [-0.05, 0) is 6.92 Å². The molecule has 0 bridgehead atoms. The number of hydrogen-bond donors (Lipinski definition) is 3. The zero-order valence-electron chi connectivity index (χ0n) is 9.89. The zero-order chi connectivity index (χ0) is 13.7. The van der Waals surface area contributed by atoms with Crippen LogP contribution in [0.3, 0.4) is 0 Å². The van der Waals surface area contributed by atoms with Crippen molar-refractivity contribution in [1.29, 1.82) is 0 Å². The van der Waals surface area contributed by atoms with Gasteiger partial charge in [0.25, 0.3) is 0 Å². The van der Waals surface area contributed by atoms with E-state index in [0.29, 0.717) is 5.01 Å². The minimum Gasteiger partial charge on any atom is -0.476 e. The number of aromatic nitrogens is 1. The van der Waals surface area contributed by atoms with Gasteiger partial charge in [-0.1, -0.05) is 0 Å². The maximum atomic E-state index is 11.4. The smallest absolute Gasteiger partial charge is 0.355 e. The molecule has 0 aliphatic carbocycles. The van der Waals surface area contributed by atoms with Crippen LogP contribution in [0.25, 0.3) is 0 Å². The number of carboxylic acid groups (broad SMARTS) is 1. The lowest BCUT2D eigenvalue weighted by Gasteiger charge is -2.11. The Morgan fingerprint density at radius 1 is 1.50 bits per heavy atom. The van der Waals surface area contributed by atoms with Crippen molar-refractivity contribution in [3.05, 3.63) is 16.1 Å². The molecule has 0 aliphatic rings. The highest BCUT2D eigenvalue weighted by atomic mass is 32.1. The molecule has 0 saturated carbocycles. The van der Waals surface area contributed by atoms with Gasteiger partial charge in [0.05, 0.1) is 12.6 Å². The molecule has 7 nitrogen and oxygen atoms in total. The van der Waals surface area contributed by atoms with E-state index < -0.39 is 12.0 Å². The van der Waals surface area contributed by atoms with Gasteiger partial charge >= 0.3 is 5.97 Å². The predicted molar refractivity (Wildman–Crippen MR) is 64.3 cm³/mol. The summed E-state index contributed by atoms with van der Waals surface area (Å²) in [4.78, 5) is 36.5. The lowest BCUT2D eigenvalue weighted by atomic mass is 10.3. The third kappa shape index (κ3) is 4.13. The third-order valence-corrected chi connectivity index (χ3v) is 3.01. The van der Waals surface area contributed by atoms with Crippen LogP contribution in [-0.2, 0) is 9.59 Å². The number of hydrogen-bond acceptors (Lipinski definition) is 5. The van der Waals surface area contributed by atoms with Crippen molar-refractivity contribution in [2.24, 2.45) is 0 Å².